The Morgan fingerprint density at radius 2 is 1.88 bits per heavy atom. The van der Waals surface area contributed by atoms with Crippen molar-refractivity contribution in [2.75, 3.05) is 6.61 Å². The molecular formula is C19H21N3O2. The molecule has 124 valence electrons. The first-order valence-electron chi connectivity index (χ1n) is 7.93. The molecule has 5 nitrogen and oxygen atoms in total. The molecule has 0 aliphatic carbocycles. The van der Waals surface area contributed by atoms with Crippen molar-refractivity contribution in [1.82, 2.24) is 14.7 Å². The molecule has 2 aromatic heterocycles. The van der Waals surface area contributed by atoms with E-state index in [1.165, 1.54) is 0 Å². The third-order valence-corrected chi connectivity index (χ3v) is 3.87. The fraction of sp³-hybridized carbons (Fsp3) is 0.263. The Morgan fingerprint density at radius 3 is 2.62 bits per heavy atom. The van der Waals surface area contributed by atoms with Gasteiger partial charge in [0.15, 0.2) is 6.61 Å². The van der Waals surface area contributed by atoms with Crippen molar-refractivity contribution >= 4 is 11.6 Å². The number of hydrogen-bond acceptors (Lipinski definition) is 3. The molecule has 1 N–H and O–H groups in total. The summed E-state index contributed by atoms with van der Waals surface area (Å²) in [5.41, 5.74) is 4.91. The molecule has 1 amide bonds. The minimum Gasteiger partial charge on any atom is -0.483 e. The van der Waals surface area contributed by atoms with Crippen LogP contribution in [0.4, 0.5) is 0 Å². The maximum Gasteiger partial charge on any atom is 0.258 e. The second-order valence-electron chi connectivity index (χ2n) is 5.99. The number of imidazole rings is 1. The lowest BCUT2D eigenvalue weighted by Crippen LogP contribution is -2.28. The predicted molar refractivity (Wildman–Crippen MR) is 93.2 cm³/mol. The summed E-state index contributed by atoms with van der Waals surface area (Å²) in [5.74, 6) is 0.613. The normalized spacial score (nSPS) is 10.8. The molecule has 0 spiro atoms. The maximum absolute atomic E-state index is 12.0. The Morgan fingerprint density at radius 1 is 1.12 bits per heavy atom. The van der Waals surface area contributed by atoms with Gasteiger partial charge in [0.25, 0.3) is 5.91 Å². The number of aryl methyl sites for hydroxylation is 3. The monoisotopic (exact) mass is 323 g/mol. The number of rotatable bonds is 5. The SMILES string of the molecule is Cc1ccc2nc(CNC(=O)COc3c(C)cccc3C)cn2c1. The average molecular weight is 323 g/mol. The third-order valence-electron chi connectivity index (χ3n) is 3.87. The molecular weight excluding hydrogens is 302 g/mol. The van der Waals surface area contributed by atoms with Crippen LogP contribution in [0.1, 0.15) is 22.4 Å². The first-order valence-corrected chi connectivity index (χ1v) is 7.93. The topological polar surface area (TPSA) is 55.6 Å². The molecule has 0 aliphatic heterocycles. The zero-order valence-corrected chi connectivity index (χ0v) is 14.2. The quantitative estimate of drug-likeness (QED) is 0.785. The lowest BCUT2D eigenvalue weighted by molar-refractivity contribution is -0.123. The summed E-state index contributed by atoms with van der Waals surface area (Å²) in [7, 11) is 0. The zero-order valence-electron chi connectivity index (χ0n) is 14.2. The number of nitrogens with one attached hydrogen (secondary N) is 1. The summed E-state index contributed by atoms with van der Waals surface area (Å²) < 4.78 is 7.62. The van der Waals surface area contributed by atoms with Gasteiger partial charge in [-0.05, 0) is 43.5 Å². The van der Waals surface area contributed by atoms with Crippen LogP contribution >= 0.6 is 0 Å². The van der Waals surface area contributed by atoms with Gasteiger partial charge in [0.1, 0.15) is 11.4 Å². The Balaban J connectivity index is 1.57. The summed E-state index contributed by atoms with van der Waals surface area (Å²) in [6, 6.07) is 9.90. The molecule has 5 heteroatoms. The number of nitrogens with zero attached hydrogens (tertiary/aromatic N) is 2. The average Bonchev–Trinajstić information content (AvgIpc) is 2.94. The van der Waals surface area contributed by atoms with E-state index >= 15 is 0 Å². The number of benzene rings is 1. The van der Waals surface area contributed by atoms with E-state index in [-0.39, 0.29) is 12.5 Å². The van der Waals surface area contributed by atoms with Crippen LogP contribution in [-0.4, -0.2) is 21.9 Å². The predicted octanol–water partition coefficient (Wildman–Crippen LogP) is 2.95. The van der Waals surface area contributed by atoms with Crippen molar-refractivity contribution in [3.05, 3.63) is 65.1 Å². The molecule has 0 fully saturated rings. The standard InChI is InChI=1S/C19H21N3O2/c1-13-7-8-17-21-16(11-22(17)10-13)9-20-18(23)12-24-19-14(2)5-4-6-15(19)3/h4-8,10-11H,9,12H2,1-3H3,(H,20,23). The highest BCUT2D eigenvalue weighted by molar-refractivity contribution is 5.77. The van der Waals surface area contributed by atoms with Gasteiger partial charge < -0.3 is 14.5 Å². The molecule has 0 bridgehead atoms. The summed E-state index contributed by atoms with van der Waals surface area (Å²) in [5, 5.41) is 2.84. The van der Waals surface area contributed by atoms with Crippen LogP contribution < -0.4 is 10.1 Å². The minimum absolute atomic E-state index is 0.00181. The van der Waals surface area contributed by atoms with Crippen molar-refractivity contribution in [2.45, 2.75) is 27.3 Å². The molecule has 24 heavy (non-hydrogen) atoms. The van der Waals surface area contributed by atoms with Crippen molar-refractivity contribution in [2.24, 2.45) is 0 Å². The fourth-order valence-electron chi connectivity index (χ4n) is 2.65. The van der Waals surface area contributed by atoms with Crippen LogP contribution in [0, 0.1) is 20.8 Å². The number of ether oxygens (including phenoxy) is 1. The lowest BCUT2D eigenvalue weighted by atomic mass is 10.1. The van der Waals surface area contributed by atoms with Crippen LogP contribution in [0.2, 0.25) is 0 Å². The largest absolute Gasteiger partial charge is 0.483 e. The Labute approximate surface area is 141 Å². The number of aromatic nitrogens is 2. The maximum atomic E-state index is 12.0. The lowest BCUT2D eigenvalue weighted by Gasteiger charge is -2.11. The summed E-state index contributed by atoms with van der Waals surface area (Å²) >= 11 is 0. The van der Waals surface area contributed by atoms with Gasteiger partial charge in [-0.25, -0.2) is 4.98 Å². The third kappa shape index (κ3) is 3.56. The van der Waals surface area contributed by atoms with Gasteiger partial charge in [-0.1, -0.05) is 24.3 Å². The van der Waals surface area contributed by atoms with E-state index in [4.69, 9.17) is 4.74 Å². The highest BCUT2D eigenvalue weighted by Gasteiger charge is 2.08. The molecule has 0 saturated carbocycles. The van der Waals surface area contributed by atoms with E-state index in [9.17, 15) is 4.79 Å². The van der Waals surface area contributed by atoms with Crippen LogP contribution in [0.5, 0.6) is 5.75 Å². The number of amides is 1. The van der Waals surface area contributed by atoms with E-state index < -0.39 is 0 Å². The van der Waals surface area contributed by atoms with Crippen LogP contribution in [-0.2, 0) is 11.3 Å². The number of para-hydroxylation sites is 1. The fourth-order valence-corrected chi connectivity index (χ4v) is 2.65. The van der Waals surface area contributed by atoms with Crippen LogP contribution in [0.25, 0.3) is 5.65 Å². The highest BCUT2D eigenvalue weighted by atomic mass is 16.5. The Kier molecular flexibility index (Phi) is 4.51. The van der Waals surface area contributed by atoms with Crippen molar-refractivity contribution in [3.8, 4) is 5.75 Å². The van der Waals surface area contributed by atoms with Gasteiger partial charge in [0, 0.05) is 12.4 Å². The van der Waals surface area contributed by atoms with Gasteiger partial charge in [0.2, 0.25) is 0 Å². The number of carbonyl (C=O) groups is 1. The van der Waals surface area contributed by atoms with Gasteiger partial charge in [-0.15, -0.1) is 0 Å². The van der Waals surface area contributed by atoms with Gasteiger partial charge in [-0.2, -0.15) is 0 Å². The molecule has 0 atom stereocenters. The summed E-state index contributed by atoms with van der Waals surface area (Å²) in [6.07, 6.45) is 3.94. The van der Waals surface area contributed by atoms with Crippen molar-refractivity contribution in [3.63, 3.8) is 0 Å². The number of carbonyl (C=O) groups excluding carboxylic acids is 1. The van der Waals surface area contributed by atoms with E-state index in [0.29, 0.717) is 6.54 Å². The Bertz CT molecular complexity index is 863. The molecule has 3 rings (SSSR count). The molecule has 2 heterocycles. The summed E-state index contributed by atoms with van der Waals surface area (Å²) in [4.78, 5) is 16.5. The number of hydrogen-bond donors (Lipinski definition) is 1. The van der Waals surface area contributed by atoms with Gasteiger partial charge in [0.05, 0.1) is 12.2 Å². The molecule has 0 aliphatic rings. The second-order valence-corrected chi connectivity index (χ2v) is 5.99. The number of pyridine rings is 1. The molecule has 0 saturated heterocycles. The highest BCUT2D eigenvalue weighted by Crippen LogP contribution is 2.22. The van der Waals surface area contributed by atoms with Gasteiger partial charge in [-0.3, -0.25) is 4.79 Å². The minimum atomic E-state index is -0.161. The van der Waals surface area contributed by atoms with Gasteiger partial charge >= 0.3 is 0 Å². The van der Waals surface area contributed by atoms with Crippen LogP contribution in [0.15, 0.2) is 42.7 Å². The molecule has 0 radical (unpaired) electrons. The summed E-state index contributed by atoms with van der Waals surface area (Å²) in [6.45, 7) is 6.36. The second kappa shape index (κ2) is 6.74. The zero-order chi connectivity index (χ0) is 17.1. The Hall–Kier alpha value is -2.82. The van der Waals surface area contributed by atoms with Crippen molar-refractivity contribution in [1.29, 1.82) is 0 Å². The molecule has 1 aromatic carbocycles. The molecule has 3 aromatic rings. The van der Waals surface area contributed by atoms with E-state index in [2.05, 4.69) is 10.3 Å². The van der Waals surface area contributed by atoms with E-state index in [1.807, 2.05) is 67.9 Å². The first-order chi connectivity index (χ1) is 11.5. The van der Waals surface area contributed by atoms with E-state index in [0.717, 1.165) is 33.8 Å². The number of fused-ring (bicyclic) bond motifs is 1. The van der Waals surface area contributed by atoms with Crippen LogP contribution in [0.3, 0.4) is 0 Å². The molecule has 0 unspecified atom stereocenters. The first kappa shape index (κ1) is 16.1. The van der Waals surface area contributed by atoms with Crippen molar-refractivity contribution < 1.29 is 9.53 Å². The smallest absolute Gasteiger partial charge is 0.258 e. The van der Waals surface area contributed by atoms with E-state index in [1.54, 1.807) is 0 Å².